The lowest BCUT2D eigenvalue weighted by Gasteiger charge is -2.07. The third-order valence-electron chi connectivity index (χ3n) is 4.11. The zero-order valence-electron chi connectivity index (χ0n) is 14.8. The Morgan fingerprint density at radius 3 is 2.41 bits per heavy atom. The van der Waals surface area contributed by atoms with Crippen molar-refractivity contribution in [2.75, 3.05) is 0 Å². The van der Waals surface area contributed by atoms with Gasteiger partial charge in [0.25, 0.3) is 5.91 Å². The van der Waals surface area contributed by atoms with Crippen LogP contribution in [0.1, 0.15) is 21.9 Å². The van der Waals surface area contributed by atoms with Crippen molar-refractivity contribution < 1.29 is 9.32 Å². The highest BCUT2D eigenvalue weighted by Crippen LogP contribution is 2.21. The van der Waals surface area contributed by atoms with Crippen molar-refractivity contribution in [2.45, 2.75) is 13.5 Å². The molecular weight excluding hydrogens is 340 g/mol. The summed E-state index contributed by atoms with van der Waals surface area (Å²) in [4.78, 5) is 12.8. The normalized spacial score (nSPS) is 10.7. The minimum Gasteiger partial charge on any atom is -0.359 e. The van der Waals surface area contributed by atoms with Gasteiger partial charge < -0.3 is 9.84 Å². The van der Waals surface area contributed by atoms with Gasteiger partial charge in [-0.25, -0.2) is 4.68 Å². The summed E-state index contributed by atoms with van der Waals surface area (Å²) in [7, 11) is 0. The van der Waals surface area contributed by atoms with E-state index >= 15 is 0 Å². The lowest BCUT2D eigenvalue weighted by molar-refractivity contribution is 0.0939. The van der Waals surface area contributed by atoms with Crippen LogP contribution in [0.2, 0.25) is 0 Å². The van der Waals surface area contributed by atoms with Crippen LogP contribution in [-0.2, 0) is 6.54 Å². The van der Waals surface area contributed by atoms with Crippen molar-refractivity contribution in [3.05, 3.63) is 89.9 Å². The molecule has 0 radical (unpaired) electrons. The highest BCUT2D eigenvalue weighted by molar-refractivity contribution is 5.94. The Bertz CT molecular complexity index is 1050. The van der Waals surface area contributed by atoms with Crippen LogP contribution in [0.5, 0.6) is 0 Å². The second-order valence-electron chi connectivity index (χ2n) is 6.15. The van der Waals surface area contributed by atoms with Gasteiger partial charge in [0.2, 0.25) is 0 Å². The molecule has 2 aromatic carbocycles. The summed E-state index contributed by atoms with van der Waals surface area (Å²) in [5, 5.41) is 11.4. The van der Waals surface area contributed by atoms with Gasteiger partial charge in [-0.2, -0.15) is 5.10 Å². The number of hydrogen-bond acceptors (Lipinski definition) is 4. The Kier molecular flexibility index (Phi) is 4.53. The van der Waals surface area contributed by atoms with E-state index < -0.39 is 0 Å². The molecule has 0 aliphatic carbocycles. The summed E-state index contributed by atoms with van der Waals surface area (Å²) in [6.45, 7) is 2.10. The van der Waals surface area contributed by atoms with Gasteiger partial charge in [0, 0.05) is 11.6 Å². The molecule has 134 valence electrons. The number of amides is 1. The van der Waals surface area contributed by atoms with Crippen molar-refractivity contribution in [2.24, 2.45) is 0 Å². The predicted molar refractivity (Wildman–Crippen MR) is 101 cm³/mol. The van der Waals surface area contributed by atoms with Crippen LogP contribution in [0, 0.1) is 6.92 Å². The molecule has 6 nitrogen and oxygen atoms in total. The van der Waals surface area contributed by atoms with E-state index in [0.717, 1.165) is 22.6 Å². The first-order valence-electron chi connectivity index (χ1n) is 8.62. The monoisotopic (exact) mass is 358 g/mol. The van der Waals surface area contributed by atoms with Gasteiger partial charge >= 0.3 is 0 Å². The van der Waals surface area contributed by atoms with Crippen molar-refractivity contribution in [1.29, 1.82) is 0 Å². The largest absolute Gasteiger partial charge is 0.359 e. The van der Waals surface area contributed by atoms with Crippen LogP contribution in [0.3, 0.4) is 0 Å². The molecule has 4 rings (SSSR count). The molecule has 1 amide bonds. The number of carbonyl (C=O) groups excluding carboxylic acids is 1. The zero-order chi connectivity index (χ0) is 18.6. The molecule has 0 saturated heterocycles. The van der Waals surface area contributed by atoms with Gasteiger partial charge in [-0.05, 0) is 25.1 Å². The molecule has 0 bridgehead atoms. The van der Waals surface area contributed by atoms with E-state index in [1.54, 1.807) is 16.8 Å². The molecule has 0 atom stereocenters. The number of nitrogens with zero attached hydrogens (tertiary/aromatic N) is 3. The Morgan fingerprint density at radius 2 is 1.74 bits per heavy atom. The maximum Gasteiger partial charge on any atom is 0.270 e. The molecule has 2 heterocycles. The van der Waals surface area contributed by atoms with Gasteiger partial charge in [-0.15, -0.1) is 0 Å². The molecule has 2 aromatic heterocycles. The lowest BCUT2D eigenvalue weighted by atomic mass is 10.1. The average Bonchev–Trinajstić information content (AvgIpc) is 3.34. The fraction of sp³-hybridized carbons (Fsp3) is 0.0952. The van der Waals surface area contributed by atoms with Gasteiger partial charge in [0.1, 0.15) is 5.69 Å². The van der Waals surface area contributed by atoms with E-state index in [9.17, 15) is 4.79 Å². The average molecular weight is 358 g/mol. The number of aryl methyl sites for hydroxylation is 1. The molecule has 1 N–H and O–H groups in total. The minimum absolute atomic E-state index is 0.234. The number of nitrogens with one attached hydrogen (secondary N) is 1. The quantitative estimate of drug-likeness (QED) is 0.589. The first-order chi connectivity index (χ1) is 13.2. The van der Waals surface area contributed by atoms with Gasteiger partial charge in [-0.1, -0.05) is 53.7 Å². The summed E-state index contributed by atoms with van der Waals surface area (Å²) in [5.41, 5.74) is 3.74. The van der Waals surface area contributed by atoms with Crippen molar-refractivity contribution in [1.82, 2.24) is 20.3 Å². The molecule has 0 unspecified atom stereocenters. The van der Waals surface area contributed by atoms with Gasteiger partial charge in [0.05, 0.1) is 23.6 Å². The summed E-state index contributed by atoms with van der Waals surface area (Å²) in [5.74, 6) is 0.373. The Labute approximate surface area is 156 Å². The number of aromatic nitrogens is 3. The third-order valence-corrected chi connectivity index (χ3v) is 4.11. The van der Waals surface area contributed by atoms with Gasteiger partial charge in [-0.3, -0.25) is 4.79 Å². The molecule has 0 aliphatic heterocycles. The molecule has 0 fully saturated rings. The second-order valence-corrected chi connectivity index (χ2v) is 6.15. The van der Waals surface area contributed by atoms with Crippen molar-refractivity contribution in [3.8, 4) is 16.9 Å². The van der Waals surface area contributed by atoms with Crippen molar-refractivity contribution >= 4 is 5.91 Å². The maximum absolute atomic E-state index is 12.8. The van der Waals surface area contributed by atoms with Crippen LogP contribution >= 0.6 is 0 Å². The smallest absolute Gasteiger partial charge is 0.270 e. The lowest BCUT2D eigenvalue weighted by Crippen LogP contribution is -2.25. The van der Waals surface area contributed by atoms with E-state index in [4.69, 9.17) is 4.52 Å². The van der Waals surface area contributed by atoms with E-state index in [1.807, 2.05) is 67.6 Å². The highest BCUT2D eigenvalue weighted by atomic mass is 16.5. The number of para-hydroxylation sites is 1. The highest BCUT2D eigenvalue weighted by Gasteiger charge is 2.18. The summed E-state index contributed by atoms with van der Waals surface area (Å²) in [6.07, 6.45) is 0. The van der Waals surface area contributed by atoms with Crippen molar-refractivity contribution in [3.63, 3.8) is 0 Å². The Balaban J connectivity index is 1.67. The Morgan fingerprint density at radius 1 is 1.04 bits per heavy atom. The Hall–Kier alpha value is -3.67. The molecule has 0 aliphatic rings. The SMILES string of the molecule is Cc1cc(CNC(=O)c2cc(-c3ccccc3)nn2-c2ccccc2)on1. The second kappa shape index (κ2) is 7.29. The fourth-order valence-electron chi connectivity index (χ4n) is 2.82. The first-order valence-corrected chi connectivity index (χ1v) is 8.62. The van der Waals surface area contributed by atoms with E-state index in [-0.39, 0.29) is 12.5 Å². The zero-order valence-corrected chi connectivity index (χ0v) is 14.8. The van der Waals surface area contributed by atoms with Crippen LogP contribution < -0.4 is 5.32 Å². The number of hydrogen-bond donors (Lipinski definition) is 1. The number of carbonyl (C=O) groups is 1. The van der Waals surface area contributed by atoms with Crippen LogP contribution in [0.15, 0.2) is 77.3 Å². The minimum atomic E-state index is -0.234. The summed E-state index contributed by atoms with van der Waals surface area (Å²) >= 11 is 0. The van der Waals surface area contributed by atoms with E-state index in [1.165, 1.54) is 0 Å². The number of rotatable bonds is 5. The molecule has 6 heteroatoms. The van der Waals surface area contributed by atoms with Gasteiger partial charge in [0.15, 0.2) is 5.76 Å². The molecule has 27 heavy (non-hydrogen) atoms. The van der Waals surface area contributed by atoms with Crippen LogP contribution in [-0.4, -0.2) is 20.8 Å². The van der Waals surface area contributed by atoms with Crippen LogP contribution in [0.25, 0.3) is 16.9 Å². The molecule has 0 saturated carbocycles. The van der Waals surface area contributed by atoms with E-state index in [0.29, 0.717) is 11.5 Å². The predicted octanol–water partition coefficient (Wildman–Crippen LogP) is 3.77. The topological polar surface area (TPSA) is 73.0 Å². The van der Waals surface area contributed by atoms with Crippen LogP contribution in [0.4, 0.5) is 0 Å². The molecule has 0 spiro atoms. The molecule has 4 aromatic rings. The third kappa shape index (κ3) is 3.64. The fourth-order valence-corrected chi connectivity index (χ4v) is 2.82. The number of benzene rings is 2. The van der Waals surface area contributed by atoms with E-state index in [2.05, 4.69) is 15.6 Å². The summed E-state index contributed by atoms with van der Waals surface area (Å²) < 4.78 is 6.81. The summed E-state index contributed by atoms with van der Waals surface area (Å²) in [6, 6.07) is 23.0. The standard InChI is InChI=1S/C21H18N4O2/c1-15-12-18(27-24-15)14-22-21(26)20-13-19(16-8-4-2-5-9-16)23-25(20)17-10-6-3-7-11-17/h2-13H,14H2,1H3,(H,22,26). The maximum atomic E-state index is 12.8. The molecular formula is C21H18N4O2. The first kappa shape index (κ1) is 16.8.